The zero-order valence-electron chi connectivity index (χ0n) is 6.07. The number of carbonyl (C=O) groups is 2. The molecule has 1 radical (unpaired) electrons. The molecule has 0 aromatic heterocycles. The molecule has 0 fully saturated rings. The molecule has 55 valence electrons. The van der Waals surface area contributed by atoms with Gasteiger partial charge in [-0.05, 0) is 0 Å². The van der Waals surface area contributed by atoms with E-state index < -0.39 is 17.6 Å². The number of nitrogens with zero attached hydrogens (tertiary/aromatic N) is 2. The molecule has 0 aromatic rings. The minimum Gasteiger partial charge on any atom is -0.477 e. The van der Waals surface area contributed by atoms with Crippen molar-refractivity contribution >= 4 is 63.3 Å². The van der Waals surface area contributed by atoms with E-state index in [-0.39, 0.29) is 51.4 Å². The number of ether oxygens (including phenoxy) is 1. The summed E-state index contributed by atoms with van der Waals surface area (Å²) >= 11 is 0. The van der Waals surface area contributed by atoms with E-state index in [4.69, 9.17) is 5.11 Å². The maximum absolute atomic E-state index is 10.5. The van der Waals surface area contributed by atoms with Crippen LogP contribution in [0.1, 0.15) is 0 Å². The van der Waals surface area contributed by atoms with Gasteiger partial charge in [-0.2, -0.15) is 0 Å². The summed E-state index contributed by atoms with van der Waals surface area (Å²) in [7, 11) is 1.08. The van der Waals surface area contributed by atoms with Crippen LogP contribution in [0.25, 0.3) is 0 Å². The third kappa shape index (κ3) is 1.85. The average molecular weight is 183 g/mol. The van der Waals surface area contributed by atoms with Crippen LogP contribution in [-0.4, -0.2) is 81.2 Å². The SMILES string of the molecule is COC(=O)C1(C(=O)O)N=N1.[K]. The topological polar surface area (TPSA) is 88.3 Å². The second kappa shape index (κ2) is 3.72. The van der Waals surface area contributed by atoms with Gasteiger partial charge >= 0.3 is 17.6 Å². The van der Waals surface area contributed by atoms with E-state index in [2.05, 4.69) is 15.0 Å². The van der Waals surface area contributed by atoms with Crippen LogP contribution >= 0.6 is 0 Å². The molecule has 1 N–H and O–H groups in total. The van der Waals surface area contributed by atoms with Crippen molar-refractivity contribution in [1.29, 1.82) is 0 Å². The van der Waals surface area contributed by atoms with E-state index in [1.165, 1.54) is 0 Å². The van der Waals surface area contributed by atoms with E-state index in [1.54, 1.807) is 0 Å². The van der Waals surface area contributed by atoms with Crippen LogP contribution in [0.5, 0.6) is 0 Å². The standard InChI is InChI=1S/C4H4N2O4.K/c1-10-3(9)4(2(7)8)5-6-4;/h1H3,(H,7,8);. The van der Waals surface area contributed by atoms with Crippen LogP contribution in [0.3, 0.4) is 0 Å². The van der Waals surface area contributed by atoms with E-state index >= 15 is 0 Å². The summed E-state index contributed by atoms with van der Waals surface area (Å²) in [5.74, 6) is -2.36. The average Bonchev–Trinajstić information content (AvgIpc) is 2.65. The van der Waals surface area contributed by atoms with Crippen molar-refractivity contribution in [2.75, 3.05) is 7.11 Å². The summed E-state index contributed by atoms with van der Waals surface area (Å²) < 4.78 is 4.13. The molecule has 0 amide bonds. The molecule has 0 atom stereocenters. The Kier molecular flexibility index (Phi) is 3.78. The first kappa shape index (κ1) is 11.2. The first-order valence-electron chi connectivity index (χ1n) is 2.39. The van der Waals surface area contributed by atoms with Gasteiger partial charge in [0.15, 0.2) is 0 Å². The Morgan fingerprint density at radius 2 is 1.91 bits per heavy atom. The van der Waals surface area contributed by atoms with Gasteiger partial charge in [0.25, 0.3) is 0 Å². The zero-order valence-corrected chi connectivity index (χ0v) is 9.19. The summed E-state index contributed by atoms with van der Waals surface area (Å²) in [6, 6.07) is 0. The van der Waals surface area contributed by atoms with Crippen LogP contribution < -0.4 is 0 Å². The Morgan fingerprint density at radius 1 is 1.45 bits per heavy atom. The maximum atomic E-state index is 10.5. The number of carboxylic acid groups (broad SMARTS) is 1. The molecule has 0 spiro atoms. The van der Waals surface area contributed by atoms with Gasteiger partial charge in [-0.1, -0.05) is 0 Å². The molecular formula is C4H4KN2O4. The molecule has 1 heterocycles. The molecule has 0 saturated heterocycles. The molecule has 0 bridgehead atoms. The zero-order chi connectivity index (χ0) is 7.78. The second-order valence-electron chi connectivity index (χ2n) is 1.67. The normalized spacial score (nSPS) is 16.5. The molecule has 6 nitrogen and oxygen atoms in total. The number of hydrogen-bond donors (Lipinski definition) is 1. The summed E-state index contributed by atoms with van der Waals surface area (Å²) in [5.41, 5.74) is -1.94. The van der Waals surface area contributed by atoms with Crippen molar-refractivity contribution in [3.63, 3.8) is 0 Å². The first-order valence-corrected chi connectivity index (χ1v) is 2.39. The first-order chi connectivity index (χ1) is 4.63. The number of hydrogen-bond acceptors (Lipinski definition) is 5. The van der Waals surface area contributed by atoms with Gasteiger partial charge in [0, 0.05) is 51.4 Å². The molecule has 1 aliphatic rings. The summed E-state index contributed by atoms with van der Waals surface area (Å²) in [4.78, 5) is 20.7. The van der Waals surface area contributed by atoms with Gasteiger partial charge in [0.05, 0.1) is 7.11 Å². The largest absolute Gasteiger partial charge is 0.477 e. The number of methoxy groups -OCH3 is 1. The van der Waals surface area contributed by atoms with Crippen molar-refractivity contribution in [3.05, 3.63) is 0 Å². The Bertz CT molecular complexity index is 220. The Balaban J connectivity index is 0.000001000. The van der Waals surface area contributed by atoms with E-state index in [0.29, 0.717) is 0 Å². The van der Waals surface area contributed by atoms with Gasteiger partial charge in [0.2, 0.25) is 0 Å². The van der Waals surface area contributed by atoms with E-state index in [1.807, 2.05) is 0 Å². The maximum Gasteiger partial charge on any atom is 0.381 e. The van der Waals surface area contributed by atoms with Gasteiger partial charge in [-0.25, -0.2) is 9.59 Å². The fourth-order valence-corrected chi connectivity index (χ4v) is 0.447. The third-order valence-corrected chi connectivity index (χ3v) is 1.07. The fourth-order valence-electron chi connectivity index (χ4n) is 0.447. The van der Waals surface area contributed by atoms with E-state index in [9.17, 15) is 9.59 Å². The van der Waals surface area contributed by atoms with Gasteiger partial charge in [-0.3, -0.25) is 0 Å². The molecule has 0 aliphatic carbocycles. The summed E-state index contributed by atoms with van der Waals surface area (Å²) in [6.45, 7) is 0. The molecule has 0 unspecified atom stereocenters. The smallest absolute Gasteiger partial charge is 0.381 e. The van der Waals surface area contributed by atoms with Gasteiger partial charge < -0.3 is 9.84 Å². The predicted molar refractivity (Wildman–Crippen MR) is 33.0 cm³/mol. The van der Waals surface area contributed by atoms with Crippen molar-refractivity contribution in [3.8, 4) is 0 Å². The minimum atomic E-state index is -1.94. The predicted octanol–water partition coefficient (Wildman–Crippen LogP) is -0.975. The Morgan fingerprint density at radius 3 is 2.00 bits per heavy atom. The third-order valence-electron chi connectivity index (χ3n) is 1.07. The second-order valence-corrected chi connectivity index (χ2v) is 1.67. The molecular weight excluding hydrogens is 179 g/mol. The molecule has 0 aromatic carbocycles. The summed E-state index contributed by atoms with van der Waals surface area (Å²) in [5, 5.41) is 14.4. The Hall–Kier alpha value is 0.176. The van der Waals surface area contributed by atoms with Crippen LogP contribution in [0.4, 0.5) is 0 Å². The molecule has 7 heteroatoms. The number of esters is 1. The molecule has 0 saturated carbocycles. The van der Waals surface area contributed by atoms with Crippen molar-refractivity contribution in [2.24, 2.45) is 10.2 Å². The fraction of sp³-hybridized carbons (Fsp3) is 0.500. The van der Waals surface area contributed by atoms with Crippen LogP contribution in [0.2, 0.25) is 0 Å². The van der Waals surface area contributed by atoms with Crippen molar-refractivity contribution in [1.82, 2.24) is 0 Å². The van der Waals surface area contributed by atoms with Crippen LogP contribution in [0.15, 0.2) is 10.2 Å². The van der Waals surface area contributed by atoms with Gasteiger partial charge in [-0.15, -0.1) is 10.2 Å². The van der Waals surface area contributed by atoms with Gasteiger partial charge in [0.1, 0.15) is 0 Å². The monoisotopic (exact) mass is 183 g/mol. The van der Waals surface area contributed by atoms with Crippen LogP contribution in [0, 0.1) is 0 Å². The number of carboxylic acids is 1. The van der Waals surface area contributed by atoms with Crippen molar-refractivity contribution in [2.45, 2.75) is 5.66 Å². The Labute approximate surface area is 104 Å². The quantitative estimate of drug-likeness (QED) is 0.339. The molecule has 11 heavy (non-hydrogen) atoms. The number of rotatable bonds is 2. The molecule has 1 rings (SSSR count). The summed E-state index contributed by atoms with van der Waals surface area (Å²) in [6.07, 6.45) is 0. The number of aliphatic carboxylic acids is 1. The van der Waals surface area contributed by atoms with Crippen LogP contribution in [-0.2, 0) is 14.3 Å². The molecule has 1 aliphatic heterocycles. The number of carbonyl (C=O) groups excluding carboxylic acids is 1. The van der Waals surface area contributed by atoms with Crippen molar-refractivity contribution < 1.29 is 19.4 Å². The minimum absolute atomic E-state index is 0. The van der Waals surface area contributed by atoms with E-state index in [0.717, 1.165) is 7.11 Å².